The van der Waals surface area contributed by atoms with Crippen LogP contribution in [0.1, 0.15) is 44.9 Å². The first-order valence-electron chi connectivity index (χ1n) is 7.63. The number of likely N-dealkylation sites (tertiary alicyclic amines) is 1. The van der Waals surface area contributed by atoms with E-state index in [0.29, 0.717) is 5.92 Å². The highest BCUT2D eigenvalue weighted by Gasteiger charge is 2.16. The molecule has 1 fully saturated rings. The topological polar surface area (TPSA) is 28.4 Å². The zero-order valence-electron chi connectivity index (χ0n) is 12.6. The number of hydrogen-bond donors (Lipinski definition) is 1. The molecule has 0 atom stereocenters. The molecule has 0 aromatic carbocycles. The molecule has 1 aromatic rings. The van der Waals surface area contributed by atoms with Gasteiger partial charge in [0.05, 0.1) is 12.8 Å². The van der Waals surface area contributed by atoms with Gasteiger partial charge in [0.25, 0.3) is 0 Å². The van der Waals surface area contributed by atoms with Gasteiger partial charge in [-0.25, -0.2) is 0 Å². The summed E-state index contributed by atoms with van der Waals surface area (Å²) in [5, 5.41) is 3.45. The van der Waals surface area contributed by atoms with E-state index in [9.17, 15) is 0 Å². The van der Waals surface area contributed by atoms with Gasteiger partial charge in [-0.2, -0.15) is 0 Å². The summed E-state index contributed by atoms with van der Waals surface area (Å²) in [6, 6.07) is 2.20. The first-order valence-corrected chi connectivity index (χ1v) is 7.63. The molecule has 1 aliphatic heterocycles. The first kappa shape index (κ1) is 14.6. The number of nitrogens with zero attached hydrogens (tertiary/aromatic N) is 1. The van der Waals surface area contributed by atoms with Gasteiger partial charge in [-0.1, -0.05) is 20.8 Å². The zero-order valence-corrected chi connectivity index (χ0v) is 12.6. The van der Waals surface area contributed by atoms with Crippen molar-refractivity contribution in [2.24, 2.45) is 11.8 Å². The fraction of sp³-hybridized carbons (Fsp3) is 0.750. The molecule has 1 N–H and O–H groups in total. The maximum absolute atomic E-state index is 5.67. The molecule has 2 heterocycles. The van der Waals surface area contributed by atoms with Crippen molar-refractivity contribution >= 4 is 0 Å². The van der Waals surface area contributed by atoms with Gasteiger partial charge in [0.1, 0.15) is 5.76 Å². The molecule has 2 rings (SSSR count). The second-order valence-corrected chi connectivity index (χ2v) is 6.40. The Kier molecular flexibility index (Phi) is 5.46. The summed E-state index contributed by atoms with van der Waals surface area (Å²) in [4.78, 5) is 2.50. The van der Waals surface area contributed by atoms with E-state index in [4.69, 9.17) is 4.42 Å². The summed E-state index contributed by atoms with van der Waals surface area (Å²) in [6.07, 6.45) is 4.54. The highest BCUT2D eigenvalue weighted by molar-refractivity contribution is 5.12. The molecular formula is C16H28N2O. The summed E-state index contributed by atoms with van der Waals surface area (Å²) >= 11 is 0. The molecule has 0 spiro atoms. The van der Waals surface area contributed by atoms with E-state index in [0.717, 1.165) is 31.3 Å². The lowest BCUT2D eigenvalue weighted by atomic mass is 9.99. The third-order valence-electron chi connectivity index (χ3n) is 3.85. The van der Waals surface area contributed by atoms with Crippen LogP contribution in [-0.2, 0) is 13.1 Å². The van der Waals surface area contributed by atoms with E-state index < -0.39 is 0 Å². The molecule has 0 unspecified atom stereocenters. The molecule has 108 valence electrons. The predicted octanol–water partition coefficient (Wildman–Crippen LogP) is 3.26. The summed E-state index contributed by atoms with van der Waals surface area (Å²) in [5.74, 6) is 2.70. The van der Waals surface area contributed by atoms with Crippen LogP contribution in [0.3, 0.4) is 0 Å². The standard InChI is InChI=1S/C16H28N2O/c1-13(2)9-17-10-15-8-16(19-12-15)11-18-6-4-14(3)5-7-18/h8,12-14,17H,4-7,9-11H2,1-3H3. The zero-order chi connectivity index (χ0) is 13.7. The van der Waals surface area contributed by atoms with Gasteiger partial charge in [0, 0.05) is 12.1 Å². The molecular weight excluding hydrogens is 236 g/mol. The van der Waals surface area contributed by atoms with Crippen LogP contribution in [0, 0.1) is 11.8 Å². The molecule has 1 aliphatic rings. The molecule has 19 heavy (non-hydrogen) atoms. The lowest BCUT2D eigenvalue weighted by molar-refractivity contribution is 0.173. The van der Waals surface area contributed by atoms with Gasteiger partial charge in [-0.05, 0) is 50.4 Å². The van der Waals surface area contributed by atoms with Crippen LogP contribution >= 0.6 is 0 Å². The molecule has 1 saturated heterocycles. The van der Waals surface area contributed by atoms with Gasteiger partial charge in [-0.15, -0.1) is 0 Å². The van der Waals surface area contributed by atoms with Gasteiger partial charge in [-0.3, -0.25) is 4.90 Å². The quantitative estimate of drug-likeness (QED) is 0.855. The lowest BCUT2D eigenvalue weighted by Crippen LogP contribution is -2.32. The Morgan fingerprint density at radius 1 is 1.37 bits per heavy atom. The van der Waals surface area contributed by atoms with Gasteiger partial charge >= 0.3 is 0 Å². The molecule has 0 aliphatic carbocycles. The Balaban J connectivity index is 1.74. The Labute approximate surface area is 117 Å². The number of hydrogen-bond acceptors (Lipinski definition) is 3. The van der Waals surface area contributed by atoms with E-state index in [2.05, 4.69) is 37.1 Å². The van der Waals surface area contributed by atoms with Crippen LogP contribution in [0.4, 0.5) is 0 Å². The van der Waals surface area contributed by atoms with E-state index in [1.807, 2.05) is 6.26 Å². The minimum Gasteiger partial charge on any atom is -0.468 e. The van der Waals surface area contributed by atoms with Crippen LogP contribution in [0.25, 0.3) is 0 Å². The lowest BCUT2D eigenvalue weighted by Gasteiger charge is -2.29. The molecule has 1 aromatic heterocycles. The number of piperidine rings is 1. The number of rotatable bonds is 6. The van der Waals surface area contributed by atoms with Crippen molar-refractivity contribution in [3.8, 4) is 0 Å². The maximum Gasteiger partial charge on any atom is 0.118 e. The highest BCUT2D eigenvalue weighted by atomic mass is 16.3. The number of furan rings is 1. The predicted molar refractivity (Wildman–Crippen MR) is 78.9 cm³/mol. The van der Waals surface area contributed by atoms with Crippen molar-refractivity contribution < 1.29 is 4.42 Å². The average molecular weight is 264 g/mol. The first-order chi connectivity index (χ1) is 9.13. The molecule has 0 amide bonds. The van der Waals surface area contributed by atoms with Gasteiger partial charge < -0.3 is 9.73 Å². The third-order valence-corrected chi connectivity index (χ3v) is 3.85. The minimum atomic E-state index is 0.696. The Morgan fingerprint density at radius 3 is 2.79 bits per heavy atom. The molecule has 0 saturated carbocycles. The van der Waals surface area contributed by atoms with Crippen molar-refractivity contribution in [3.63, 3.8) is 0 Å². The van der Waals surface area contributed by atoms with Gasteiger partial charge in [0.2, 0.25) is 0 Å². The van der Waals surface area contributed by atoms with Crippen molar-refractivity contribution in [3.05, 3.63) is 23.7 Å². The average Bonchev–Trinajstić information content (AvgIpc) is 2.79. The fourth-order valence-corrected chi connectivity index (χ4v) is 2.55. The van der Waals surface area contributed by atoms with E-state index in [1.165, 1.54) is 31.5 Å². The second kappa shape index (κ2) is 7.11. The van der Waals surface area contributed by atoms with Crippen LogP contribution in [0.5, 0.6) is 0 Å². The van der Waals surface area contributed by atoms with Gasteiger partial charge in [0.15, 0.2) is 0 Å². The molecule has 0 radical (unpaired) electrons. The smallest absolute Gasteiger partial charge is 0.118 e. The third kappa shape index (κ3) is 5.00. The van der Waals surface area contributed by atoms with E-state index in [-0.39, 0.29) is 0 Å². The molecule has 3 heteroatoms. The number of nitrogens with one attached hydrogen (secondary N) is 1. The van der Waals surface area contributed by atoms with Crippen molar-refractivity contribution in [1.82, 2.24) is 10.2 Å². The Hall–Kier alpha value is -0.800. The van der Waals surface area contributed by atoms with Crippen molar-refractivity contribution in [1.29, 1.82) is 0 Å². The molecule has 3 nitrogen and oxygen atoms in total. The normalized spacial score (nSPS) is 18.3. The minimum absolute atomic E-state index is 0.696. The second-order valence-electron chi connectivity index (χ2n) is 6.40. The monoisotopic (exact) mass is 264 g/mol. The summed E-state index contributed by atoms with van der Waals surface area (Å²) in [5.41, 5.74) is 1.26. The van der Waals surface area contributed by atoms with E-state index >= 15 is 0 Å². The fourth-order valence-electron chi connectivity index (χ4n) is 2.55. The van der Waals surface area contributed by atoms with Crippen LogP contribution in [0.15, 0.2) is 16.7 Å². The molecule has 0 bridgehead atoms. The Morgan fingerprint density at radius 2 is 2.11 bits per heavy atom. The van der Waals surface area contributed by atoms with Crippen LogP contribution < -0.4 is 5.32 Å². The van der Waals surface area contributed by atoms with Crippen LogP contribution in [-0.4, -0.2) is 24.5 Å². The summed E-state index contributed by atoms with van der Waals surface area (Å²) < 4.78 is 5.67. The van der Waals surface area contributed by atoms with Crippen molar-refractivity contribution in [2.75, 3.05) is 19.6 Å². The Bertz CT molecular complexity index is 365. The van der Waals surface area contributed by atoms with Crippen molar-refractivity contribution in [2.45, 2.75) is 46.7 Å². The summed E-state index contributed by atoms with van der Waals surface area (Å²) in [6.45, 7) is 12.2. The SMILES string of the molecule is CC(C)CNCc1coc(CN2CCC(C)CC2)c1. The van der Waals surface area contributed by atoms with Crippen LogP contribution in [0.2, 0.25) is 0 Å². The maximum atomic E-state index is 5.67. The highest BCUT2D eigenvalue weighted by Crippen LogP contribution is 2.19. The van der Waals surface area contributed by atoms with E-state index in [1.54, 1.807) is 0 Å². The largest absolute Gasteiger partial charge is 0.468 e. The summed E-state index contributed by atoms with van der Waals surface area (Å²) in [7, 11) is 0.